The van der Waals surface area contributed by atoms with Gasteiger partial charge in [-0.3, -0.25) is 19.2 Å². The number of amides is 4. The molecule has 0 saturated carbocycles. The number of hydrogen-bond donors (Lipinski definition) is 6. The largest absolute Gasteiger partial charge is 0.480 e. The van der Waals surface area contributed by atoms with Crippen molar-refractivity contribution < 1.29 is 29.1 Å². The normalized spacial score (nSPS) is 17.7. The Morgan fingerprint density at radius 3 is 2.45 bits per heavy atom. The summed E-state index contributed by atoms with van der Waals surface area (Å²) in [6.45, 7) is 4.07. The molecule has 38 heavy (non-hydrogen) atoms. The highest BCUT2D eigenvalue weighted by molar-refractivity contribution is 5.96. The van der Waals surface area contributed by atoms with Crippen molar-refractivity contribution in [3.8, 4) is 0 Å². The maximum atomic E-state index is 13.6. The van der Waals surface area contributed by atoms with E-state index in [0.29, 0.717) is 12.8 Å². The molecule has 1 aromatic heterocycles. The second kappa shape index (κ2) is 12.5. The molecule has 0 bridgehead atoms. The van der Waals surface area contributed by atoms with Gasteiger partial charge >= 0.3 is 5.97 Å². The third-order valence-corrected chi connectivity index (χ3v) is 6.63. The number of aliphatic carboxylic acids is 1. The Balaban J connectivity index is 1.85. The highest BCUT2D eigenvalue weighted by Crippen LogP contribution is 2.22. The van der Waals surface area contributed by atoms with Crippen molar-refractivity contribution in [3.63, 3.8) is 0 Å². The van der Waals surface area contributed by atoms with E-state index in [1.165, 1.54) is 4.90 Å². The van der Waals surface area contributed by atoms with Gasteiger partial charge in [0.15, 0.2) is 0 Å². The van der Waals surface area contributed by atoms with Gasteiger partial charge in [-0.25, -0.2) is 4.79 Å². The number of aromatic nitrogens is 1. The summed E-state index contributed by atoms with van der Waals surface area (Å²) in [6, 6.07) is 3.16. The van der Waals surface area contributed by atoms with E-state index in [2.05, 4.69) is 15.6 Å². The van der Waals surface area contributed by atoms with Crippen LogP contribution in [0.1, 0.15) is 45.1 Å². The lowest BCUT2D eigenvalue weighted by molar-refractivity contribution is -0.149. The maximum Gasteiger partial charge on any atom is 0.326 e. The van der Waals surface area contributed by atoms with Crippen LogP contribution >= 0.6 is 0 Å². The molecule has 1 fully saturated rings. The van der Waals surface area contributed by atoms with Crippen LogP contribution in [0, 0.1) is 5.92 Å². The lowest BCUT2D eigenvalue weighted by atomic mass is 10.00. The third-order valence-electron chi connectivity index (χ3n) is 6.63. The van der Waals surface area contributed by atoms with Crippen molar-refractivity contribution >= 4 is 40.5 Å². The molecule has 12 heteroatoms. The molecule has 1 aliphatic rings. The van der Waals surface area contributed by atoms with E-state index in [1.54, 1.807) is 6.20 Å². The fourth-order valence-corrected chi connectivity index (χ4v) is 4.77. The predicted octanol–water partition coefficient (Wildman–Crippen LogP) is 0.00440. The monoisotopic (exact) mass is 528 g/mol. The molecule has 0 spiro atoms. The molecular weight excluding hydrogens is 492 g/mol. The molecule has 8 N–H and O–H groups in total. The first kappa shape index (κ1) is 28.6. The van der Waals surface area contributed by atoms with Crippen LogP contribution < -0.4 is 22.1 Å². The number of primary amides is 1. The zero-order chi connectivity index (χ0) is 28.0. The van der Waals surface area contributed by atoms with Crippen LogP contribution in [0.4, 0.5) is 0 Å². The average molecular weight is 529 g/mol. The van der Waals surface area contributed by atoms with Crippen molar-refractivity contribution in [3.05, 3.63) is 36.0 Å². The number of aromatic amines is 1. The molecule has 2 aromatic rings. The van der Waals surface area contributed by atoms with Crippen LogP contribution in [0.3, 0.4) is 0 Å². The number of H-pyrrole nitrogens is 1. The van der Waals surface area contributed by atoms with Crippen LogP contribution in [0.25, 0.3) is 10.9 Å². The minimum Gasteiger partial charge on any atom is -0.480 e. The van der Waals surface area contributed by atoms with Crippen LogP contribution in [-0.4, -0.2) is 75.3 Å². The number of benzene rings is 1. The summed E-state index contributed by atoms with van der Waals surface area (Å²) in [4.78, 5) is 67.0. The molecule has 12 nitrogen and oxygen atoms in total. The van der Waals surface area contributed by atoms with Crippen molar-refractivity contribution in [1.29, 1.82) is 0 Å². The number of fused-ring (bicyclic) bond motifs is 1. The van der Waals surface area contributed by atoms with Crippen LogP contribution in [-0.2, 0) is 30.4 Å². The first-order valence-electron chi connectivity index (χ1n) is 12.7. The summed E-state index contributed by atoms with van der Waals surface area (Å²) in [6.07, 6.45) is 2.60. The van der Waals surface area contributed by atoms with E-state index < -0.39 is 60.2 Å². The van der Waals surface area contributed by atoms with Gasteiger partial charge in [-0.1, -0.05) is 32.0 Å². The Bertz CT molecular complexity index is 1190. The van der Waals surface area contributed by atoms with E-state index in [-0.39, 0.29) is 25.3 Å². The highest BCUT2D eigenvalue weighted by atomic mass is 16.4. The molecule has 4 unspecified atom stereocenters. The summed E-state index contributed by atoms with van der Waals surface area (Å²) < 4.78 is 0. The average Bonchev–Trinajstić information content (AvgIpc) is 3.49. The Morgan fingerprint density at radius 2 is 1.79 bits per heavy atom. The molecule has 1 saturated heterocycles. The molecular formula is C26H36N6O6. The van der Waals surface area contributed by atoms with Crippen molar-refractivity contribution in [2.45, 2.75) is 70.1 Å². The summed E-state index contributed by atoms with van der Waals surface area (Å²) in [5.74, 6) is -3.66. The van der Waals surface area contributed by atoms with Gasteiger partial charge in [0.2, 0.25) is 23.6 Å². The zero-order valence-corrected chi connectivity index (χ0v) is 21.6. The summed E-state index contributed by atoms with van der Waals surface area (Å²) in [5.41, 5.74) is 12.6. The predicted molar refractivity (Wildman–Crippen MR) is 139 cm³/mol. The zero-order valence-electron chi connectivity index (χ0n) is 21.6. The van der Waals surface area contributed by atoms with E-state index in [9.17, 15) is 29.1 Å². The number of carboxylic acids is 1. The van der Waals surface area contributed by atoms with Gasteiger partial charge in [0, 0.05) is 30.1 Å². The quantitative estimate of drug-likeness (QED) is 0.222. The van der Waals surface area contributed by atoms with E-state index in [0.717, 1.165) is 16.5 Å². The molecule has 4 amide bonds. The lowest BCUT2D eigenvalue weighted by Gasteiger charge is -2.29. The Labute approximate surface area is 220 Å². The number of hydrogen-bond acceptors (Lipinski definition) is 6. The van der Waals surface area contributed by atoms with Crippen molar-refractivity contribution in [1.82, 2.24) is 20.5 Å². The first-order valence-corrected chi connectivity index (χ1v) is 12.7. The fraction of sp³-hybridized carbons (Fsp3) is 0.500. The highest BCUT2D eigenvalue weighted by Gasteiger charge is 2.38. The molecule has 0 aliphatic carbocycles. The lowest BCUT2D eigenvalue weighted by Crippen LogP contribution is -2.58. The minimum absolute atomic E-state index is 0.0146. The van der Waals surface area contributed by atoms with E-state index >= 15 is 0 Å². The minimum atomic E-state index is -1.25. The number of carbonyl (C=O) groups is 5. The van der Waals surface area contributed by atoms with Crippen LogP contribution in [0.2, 0.25) is 0 Å². The summed E-state index contributed by atoms with van der Waals surface area (Å²) in [7, 11) is 0. The van der Waals surface area contributed by atoms with Gasteiger partial charge in [-0.15, -0.1) is 0 Å². The van der Waals surface area contributed by atoms with Gasteiger partial charge in [-0.05, 0) is 36.8 Å². The topological polar surface area (TPSA) is 201 Å². The molecule has 1 aliphatic heterocycles. The van der Waals surface area contributed by atoms with Gasteiger partial charge in [0.25, 0.3) is 0 Å². The van der Waals surface area contributed by atoms with Gasteiger partial charge in [0.1, 0.15) is 18.1 Å². The van der Waals surface area contributed by atoms with Gasteiger partial charge in [-0.2, -0.15) is 0 Å². The molecule has 0 radical (unpaired) electrons. The van der Waals surface area contributed by atoms with E-state index in [4.69, 9.17) is 11.5 Å². The third kappa shape index (κ3) is 7.09. The number of para-hydroxylation sites is 1. The van der Waals surface area contributed by atoms with Gasteiger partial charge < -0.3 is 37.1 Å². The number of nitrogens with two attached hydrogens (primary N) is 2. The SMILES string of the molecule is CC(C)CC(NC(=O)C(Cc1c[nH]c2ccccc12)NC(=O)C(N)CC(N)=O)C(=O)N1CCCC1C(=O)O. The Morgan fingerprint density at radius 1 is 1.11 bits per heavy atom. The number of likely N-dealkylation sites (tertiary alicyclic amines) is 1. The fourth-order valence-electron chi connectivity index (χ4n) is 4.77. The summed E-state index contributed by atoms with van der Waals surface area (Å²) >= 11 is 0. The smallest absolute Gasteiger partial charge is 0.326 e. The molecule has 4 atom stereocenters. The molecule has 3 rings (SSSR count). The second-order valence-corrected chi connectivity index (χ2v) is 10.1. The number of carboxylic acid groups (broad SMARTS) is 1. The van der Waals surface area contributed by atoms with Crippen LogP contribution in [0.15, 0.2) is 30.5 Å². The number of rotatable bonds is 12. The van der Waals surface area contributed by atoms with Gasteiger partial charge in [0.05, 0.1) is 12.5 Å². The number of carbonyl (C=O) groups excluding carboxylic acids is 4. The summed E-state index contributed by atoms with van der Waals surface area (Å²) in [5, 5.41) is 15.7. The molecule has 2 heterocycles. The van der Waals surface area contributed by atoms with Crippen LogP contribution in [0.5, 0.6) is 0 Å². The standard InChI is InChI=1S/C26H36N6O6/c1-14(2)10-20(25(36)32-9-5-8-21(32)26(37)38)31-24(35)19(30-23(34)17(27)12-22(28)33)11-15-13-29-18-7-4-3-6-16(15)18/h3-4,6-7,13-14,17,19-21,29H,5,8-12,27H2,1-2H3,(H2,28,33)(H,30,34)(H,31,35)(H,37,38). The molecule has 206 valence electrons. The van der Waals surface area contributed by atoms with Crippen molar-refractivity contribution in [2.75, 3.05) is 6.54 Å². The maximum absolute atomic E-state index is 13.6. The Hall–Kier alpha value is -3.93. The number of nitrogens with one attached hydrogen (secondary N) is 3. The second-order valence-electron chi connectivity index (χ2n) is 10.1. The molecule has 1 aromatic carbocycles. The number of nitrogens with zero attached hydrogens (tertiary/aromatic N) is 1. The first-order chi connectivity index (χ1) is 18.0. The van der Waals surface area contributed by atoms with Crippen molar-refractivity contribution in [2.24, 2.45) is 17.4 Å². The Kier molecular flexibility index (Phi) is 9.45. The van der Waals surface area contributed by atoms with E-state index in [1.807, 2.05) is 38.1 Å².